The number of carboxylic acid groups (broad SMARTS) is 1. The topological polar surface area (TPSA) is 116 Å². The molecule has 0 aliphatic carbocycles. The summed E-state index contributed by atoms with van der Waals surface area (Å²) in [6.07, 6.45) is 1.38. The highest BCUT2D eigenvalue weighted by Gasteiger charge is 2.15. The molecule has 0 unspecified atom stereocenters. The minimum atomic E-state index is -1.25. The van der Waals surface area contributed by atoms with E-state index in [0.717, 1.165) is 0 Å². The van der Waals surface area contributed by atoms with E-state index in [1.165, 1.54) is 57.2 Å². The van der Waals surface area contributed by atoms with Crippen molar-refractivity contribution < 1.29 is 38.5 Å². The number of hydrogen-bond donors (Lipinski definition) is 1. The molecule has 150 valence electrons. The van der Waals surface area contributed by atoms with E-state index < -0.39 is 23.9 Å². The smallest absolute Gasteiger partial charge is 0.336 e. The second kappa shape index (κ2) is 9.32. The molecular weight excluding hydrogens is 380 g/mol. The highest BCUT2D eigenvalue weighted by atomic mass is 16.5. The molecule has 2 aromatic carbocycles. The molecule has 0 saturated heterocycles. The van der Waals surface area contributed by atoms with Crippen molar-refractivity contribution >= 4 is 35.5 Å². The summed E-state index contributed by atoms with van der Waals surface area (Å²) in [6, 6.07) is 10.2. The number of carbonyl (C=O) groups excluding carboxylic acids is 3. The van der Waals surface area contributed by atoms with Crippen molar-refractivity contribution in [3.8, 4) is 17.2 Å². The Morgan fingerprint density at radius 1 is 0.724 bits per heavy atom. The first kappa shape index (κ1) is 21.4. The Labute approximate surface area is 166 Å². The van der Waals surface area contributed by atoms with Crippen LogP contribution in [0.5, 0.6) is 17.2 Å². The largest absolute Gasteiger partial charge is 0.478 e. The molecule has 0 saturated carbocycles. The van der Waals surface area contributed by atoms with Crippen LogP contribution in [0.15, 0.2) is 42.5 Å². The lowest BCUT2D eigenvalue weighted by Gasteiger charge is -2.10. The van der Waals surface area contributed by atoms with Gasteiger partial charge in [0, 0.05) is 26.8 Å². The Hall–Kier alpha value is -3.94. The molecule has 0 spiro atoms. The summed E-state index contributed by atoms with van der Waals surface area (Å²) < 4.78 is 15.0. The third kappa shape index (κ3) is 6.62. The number of benzene rings is 2. The highest BCUT2D eigenvalue weighted by molar-refractivity contribution is 6.20. The molecule has 1 N–H and O–H groups in total. The first-order valence-electron chi connectivity index (χ1n) is 8.40. The quantitative estimate of drug-likeness (QED) is 0.341. The van der Waals surface area contributed by atoms with Crippen molar-refractivity contribution in [1.82, 2.24) is 0 Å². The second-order valence-electron chi connectivity index (χ2n) is 5.91. The molecule has 0 bridgehead atoms. The lowest BCUT2D eigenvalue weighted by molar-refractivity contribution is -0.133. The van der Waals surface area contributed by atoms with Gasteiger partial charge in [-0.25, -0.2) is 4.79 Å². The standard InChI is InChI=1S/C21H18O8/c1-12(22)27-17-6-4-15(5-7-17)8-20(21(25)26)16-9-18(28-13(2)23)11-19(10-16)29-14(3)24/h4-11H,1-3H3,(H,25,26)/b20-8+. The molecule has 0 aliphatic rings. The van der Waals surface area contributed by atoms with Gasteiger partial charge in [-0.1, -0.05) is 12.1 Å². The van der Waals surface area contributed by atoms with Gasteiger partial charge in [0.15, 0.2) is 0 Å². The SMILES string of the molecule is CC(=O)Oc1ccc(/C=C(/C(=O)O)c2cc(OC(C)=O)cc(OC(C)=O)c2)cc1. The van der Waals surface area contributed by atoms with Crippen LogP contribution in [0.1, 0.15) is 31.9 Å². The van der Waals surface area contributed by atoms with Crippen LogP contribution in [0.4, 0.5) is 0 Å². The van der Waals surface area contributed by atoms with E-state index >= 15 is 0 Å². The van der Waals surface area contributed by atoms with Gasteiger partial charge in [-0.2, -0.15) is 0 Å². The lowest BCUT2D eigenvalue weighted by Crippen LogP contribution is -2.06. The van der Waals surface area contributed by atoms with Crippen LogP contribution in [0, 0.1) is 0 Å². The van der Waals surface area contributed by atoms with E-state index in [-0.39, 0.29) is 22.6 Å². The Balaban J connectivity index is 2.48. The van der Waals surface area contributed by atoms with Crippen molar-refractivity contribution in [2.24, 2.45) is 0 Å². The molecule has 8 heteroatoms. The van der Waals surface area contributed by atoms with E-state index in [1.54, 1.807) is 12.1 Å². The fourth-order valence-electron chi connectivity index (χ4n) is 2.41. The molecule has 2 aromatic rings. The molecule has 2 rings (SSSR count). The van der Waals surface area contributed by atoms with Crippen molar-refractivity contribution in [1.29, 1.82) is 0 Å². The highest BCUT2D eigenvalue weighted by Crippen LogP contribution is 2.29. The predicted octanol–water partition coefficient (Wildman–Crippen LogP) is 3.09. The van der Waals surface area contributed by atoms with E-state index in [0.29, 0.717) is 11.3 Å². The zero-order chi connectivity index (χ0) is 21.6. The first-order chi connectivity index (χ1) is 13.6. The van der Waals surface area contributed by atoms with E-state index in [2.05, 4.69) is 0 Å². The minimum absolute atomic E-state index is 0.0311. The molecule has 0 atom stereocenters. The van der Waals surface area contributed by atoms with Crippen molar-refractivity contribution in [2.75, 3.05) is 0 Å². The van der Waals surface area contributed by atoms with Crippen molar-refractivity contribution in [3.05, 3.63) is 53.6 Å². The summed E-state index contributed by atoms with van der Waals surface area (Å²) in [7, 11) is 0. The van der Waals surface area contributed by atoms with Crippen LogP contribution in [-0.4, -0.2) is 29.0 Å². The molecule has 0 aromatic heterocycles. The van der Waals surface area contributed by atoms with Crippen LogP contribution in [-0.2, 0) is 19.2 Å². The molecule has 0 radical (unpaired) electrons. The zero-order valence-corrected chi connectivity index (χ0v) is 15.9. The van der Waals surface area contributed by atoms with Crippen LogP contribution >= 0.6 is 0 Å². The Bertz CT molecular complexity index is 952. The zero-order valence-electron chi connectivity index (χ0n) is 15.9. The molecule has 8 nitrogen and oxygen atoms in total. The van der Waals surface area contributed by atoms with Gasteiger partial charge in [0.25, 0.3) is 0 Å². The predicted molar refractivity (Wildman–Crippen MR) is 102 cm³/mol. The fourth-order valence-corrected chi connectivity index (χ4v) is 2.41. The average Bonchev–Trinajstić information content (AvgIpc) is 2.58. The van der Waals surface area contributed by atoms with Crippen LogP contribution in [0.2, 0.25) is 0 Å². The van der Waals surface area contributed by atoms with E-state index in [4.69, 9.17) is 14.2 Å². The third-order valence-electron chi connectivity index (χ3n) is 3.40. The molecule has 0 amide bonds. The second-order valence-corrected chi connectivity index (χ2v) is 5.91. The van der Waals surface area contributed by atoms with Gasteiger partial charge in [0.05, 0.1) is 5.57 Å². The van der Waals surface area contributed by atoms with Gasteiger partial charge in [0.2, 0.25) is 0 Å². The number of esters is 3. The molecule has 0 fully saturated rings. The summed E-state index contributed by atoms with van der Waals surface area (Å²) in [5, 5.41) is 9.65. The number of rotatable bonds is 6. The summed E-state index contributed by atoms with van der Waals surface area (Å²) in [6.45, 7) is 3.65. The lowest BCUT2D eigenvalue weighted by atomic mass is 10.0. The number of carbonyl (C=O) groups is 4. The van der Waals surface area contributed by atoms with Gasteiger partial charge in [0.1, 0.15) is 17.2 Å². The minimum Gasteiger partial charge on any atom is -0.478 e. The van der Waals surface area contributed by atoms with E-state index in [1.807, 2.05) is 0 Å². The maximum atomic E-state index is 11.8. The summed E-state index contributed by atoms with van der Waals surface area (Å²) in [5.74, 6) is -2.56. The first-order valence-corrected chi connectivity index (χ1v) is 8.40. The van der Waals surface area contributed by atoms with Crippen LogP contribution < -0.4 is 14.2 Å². The number of aliphatic carboxylic acids is 1. The number of hydrogen-bond acceptors (Lipinski definition) is 7. The van der Waals surface area contributed by atoms with Crippen molar-refractivity contribution in [3.63, 3.8) is 0 Å². The summed E-state index contributed by atoms with van der Waals surface area (Å²) in [5.41, 5.74) is 0.550. The fraction of sp³-hybridized carbons (Fsp3) is 0.143. The molecule has 29 heavy (non-hydrogen) atoms. The maximum absolute atomic E-state index is 11.8. The van der Waals surface area contributed by atoms with Gasteiger partial charge >= 0.3 is 23.9 Å². The third-order valence-corrected chi connectivity index (χ3v) is 3.40. The maximum Gasteiger partial charge on any atom is 0.336 e. The molecule has 0 aliphatic heterocycles. The average molecular weight is 398 g/mol. The number of carboxylic acids is 1. The van der Waals surface area contributed by atoms with Gasteiger partial charge in [-0.3, -0.25) is 14.4 Å². The number of ether oxygens (including phenoxy) is 3. The van der Waals surface area contributed by atoms with Crippen LogP contribution in [0.3, 0.4) is 0 Å². The summed E-state index contributed by atoms with van der Waals surface area (Å²) >= 11 is 0. The Kier molecular flexibility index (Phi) is 6.86. The van der Waals surface area contributed by atoms with Gasteiger partial charge in [-0.05, 0) is 41.5 Å². The van der Waals surface area contributed by atoms with E-state index in [9.17, 15) is 24.3 Å². The van der Waals surface area contributed by atoms with Crippen LogP contribution in [0.25, 0.3) is 11.6 Å². The monoisotopic (exact) mass is 398 g/mol. The Morgan fingerprint density at radius 2 is 1.17 bits per heavy atom. The summed E-state index contributed by atoms with van der Waals surface area (Å²) in [4.78, 5) is 45.3. The molecular formula is C21H18O8. The van der Waals surface area contributed by atoms with Gasteiger partial charge in [-0.15, -0.1) is 0 Å². The normalized spacial score (nSPS) is 10.8. The molecule has 0 heterocycles. The Morgan fingerprint density at radius 3 is 1.59 bits per heavy atom. The van der Waals surface area contributed by atoms with Crippen molar-refractivity contribution in [2.45, 2.75) is 20.8 Å². The van der Waals surface area contributed by atoms with Gasteiger partial charge < -0.3 is 19.3 Å².